The number of nitrogens with two attached hydrogens (primary N) is 1. The maximum Gasteiger partial charge on any atom is 0.249 e. The number of halogens is 1. The molecular weight excluding hydrogens is 290 g/mol. The summed E-state index contributed by atoms with van der Waals surface area (Å²) in [5, 5.41) is 2.80. The molecule has 0 spiro atoms. The van der Waals surface area contributed by atoms with Gasteiger partial charge in [-0.3, -0.25) is 9.59 Å². The van der Waals surface area contributed by atoms with Crippen molar-refractivity contribution in [3.05, 3.63) is 30.3 Å². The Bertz CT molecular complexity index is 479. The number of carbonyl (C=O) groups is 2. The lowest BCUT2D eigenvalue weighted by atomic mass is 10.1. The molecule has 3 N–H and O–H groups in total. The van der Waals surface area contributed by atoms with E-state index in [9.17, 15) is 9.59 Å². The summed E-state index contributed by atoms with van der Waals surface area (Å²) in [6, 6.07) is 9.11. The van der Waals surface area contributed by atoms with Crippen molar-refractivity contribution in [3.63, 3.8) is 0 Å². The van der Waals surface area contributed by atoms with E-state index in [1.54, 1.807) is 4.90 Å². The first kappa shape index (κ1) is 17.5. The third-order valence-corrected chi connectivity index (χ3v) is 3.44. The van der Waals surface area contributed by atoms with E-state index in [1.165, 1.54) is 0 Å². The van der Waals surface area contributed by atoms with Crippen LogP contribution in [0.3, 0.4) is 0 Å². The Kier molecular flexibility index (Phi) is 6.65. The third-order valence-electron chi connectivity index (χ3n) is 3.44. The molecule has 1 saturated heterocycles. The number of rotatable bonds is 5. The fraction of sp³-hybridized carbons (Fsp3) is 0.467. The number of anilines is 1. The summed E-state index contributed by atoms with van der Waals surface area (Å²) in [4.78, 5) is 25.7. The normalized spacial score (nSPS) is 19.0. The minimum Gasteiger partial charge on any atom is -0.344 e. The van der Waals surface area contributed by atoms with Gasteiger partial charge in [0, 0.05) is 24.7 Å². The van der Waals surface area contributed by atoms with Crippen LogP contribution in [0.1, 0.15) is 26.2 Å². The molecule has 1 aliphatic heterocycles. The van der Waals surface area contributed by atoms with Gasteiger partial charge in [-0.05, 0) is 31.9 Å². The van der Waals surface area contributed by atoms with E-state index in [-0.39, 0.29) is 30.3 Å². The smallest absolute Gasteiger partial charge is 0.249 e. The summed E-state index contributed by atoms with van der Waals surface area (Å²) >= 11 is 0. The summed E-state index contributed by atoms with van der Waals surface area (Å²) in [6.45, 7) is 2.51. The molecule has 0 radical (unpaired) electrons. The highest BCUT2D eigenvalue weighted by Crippen LogP contribution is 2.21. The largest absolute Gasteiger partial charge is 0.344 e. The number of hydrogen-bond acceptors (Lipinski definition) is 3. The molecule has 6 heteroatoms. The van der Waals surface area contributed by atoms with Crippen molar-refractivity contribution < 1.29 is 9.59 Å². The standard InChI is InChI=1S/C15H21N3O2.ClH/c1-11(16)7-8-14(19)17-13-9-10-18(15(13)20)12-5-3-2-4-6-12;/h2-6,11,13H,7-10,16H2,1H3,(H,17,19);1H. The molecule has 0 aromatic heterocycles. The second kappa shape index (κ2) is 8.00. The summed E-state index contributed by atoms with van der Waals surface area (Å²) in [5.41, 5.74) is 6.50. The number of nitrogens with one attached hydrogen (secondary N) is 1. The quantitative estimate of drug-likeness (QED) is 0.864. The van der Waals surface area contributed by atoms with Crippen LogP contribution in [-0.2, 0) is 9.59 Å². The van der Waals surface area contributed by atoms with Crippen molar-refractivity contribution in [1.82, 2.24) is 5.32 Å². The highest BCUT2D eigenvalue weighted by Gasteiger charge is 2.33. The minimum absolute atomic E-state index is 0. The summed E-state index contributed by atoms with van der Waals surface area (Å²) in [7, 11) is 0. The highest BCUT2D eigenvalue weighted by molar-refractivity contribution is 6.01. The SMILES string of the molecule is CC(N)CCC(=O)NC1CCN(c2ccccc2)C1=O.Cl. The van der Waals surface area contributed by atoms with Gasteiger partial charge in [0.2, 0.25) is 11.8 Å². The lowest BCUT2D eigenvalue weighted by Crippen LogP contribution is -2.41. The summed E-state index contributed by atoms with van der Waals surface area (Å²) in [5.74, 6) is -0.138. The van der Waals surface area contributed by atoms with Gasteiger partial charge in [0.05, 0.1) is 0 Å². The predicted molar refractivity (Wildman–Crippen MR) is 85.5 cm³/mol. The molecule has 2 unspecified atom stereocenters. The van der Waals surface area contributed by atoms with Crippen LogP contribution in [0.15, 0.2) is 30.3 Å². The van der Waals surface area contributed by atoms with Crippen molar-refractivity contribution >= 4 is 29.9 Å². The van der Waals surface area contributed by atoms with Gasteiger partial charge in [-0.25, -0.2) is 0 Å². The number of nitrogens with zero attached hydrogens (tertiary/aromatic N) is 1. The Morgan fingerprint density at radius 1 is 1.43 bits per heavy atom. The molecule has 0 aliphatic carbocycles. The topological polar surface area (TPSA) is 75.4 Å². The van der Waals surface area contributed by atoms with Gasteiger partial charge in [0.1, 0.15) is 6.04 Å². The molecule has 0 saturated carbocycles. The minimum atomic E-state index is -0.407. The molecule has 21 heavy (non-hydrogen) atoms. The van der Waals surface area contributed by atoms with Crippen molar-refractivity contribution in [1.29, 1.82) is 0 Å². The van der Waals surface area contributed by atoms with Gasteiger partial charge in [0.25, 0.3) is 0 Å². The van der Waals surface area contributed by atoms with Crippen LogP contribution < -0.4 is 16.0 Å². The van der Waals surface area contributed by atoms with Gasteiger partial charge in [-0.15, -0.1) is 12.4 Å². The van der Waals surface area contributed by atoms with E-state index in [1.807, 2.05) is 37.3 Å². The van der Waals surface area contributed by atoms with Crippen LogP contribution in [0.4, 0.5) is 5.69 Å². The van der Waals surface area contributed by atoms with Gasteiger partial charge < -0.3 is 16.0 Å². The van der Waals surface area contributed by atoms with Crippen LogP contribution >= 0.6 is 12.4 Å². The average molecular weight is 312 g/mol. The molecule has 1 heterocycles. The monoisotopic (exact) mass is 311 g/mol. The molecule has 2 atom stereocenters. The number of carbonyl (C=O) groups excluding carboxylic acids is 2. The van der Waals surface area contributed by atoms with Crippen molar-refractivity contribution in [2.24, 2.45) is 5.73 Å². The fourth-order valence-electron chi connectivity index (χ4n) is 2.30. The molecular formula is C15H22ClN3O2. The van der Waals surface area contributed by atoms with Gasteiger partial charge in [-0.1, -0.05) is 18.2 Å². The molecule has 1 aliphatic rings. The molecule has 0 bridgehead atoms. The Hall–Kier alpha value is -1.59. The zero-order valence-corrected chi connectivity index (χ0v) is 12.9. The van der Waals surface area contributed by atoms with E-state index < -0.39 is 6.04 Å². The maximum atomic E-state index is 12.3. The van der Waals surface area contributed by atoms with Gasteiger partial charge >= 0.3 is 0 Å². The van der Waals surface area contributed by atoms with E-state index >= 15 is 0 Å². The first-order valence-corrected chi connectivity index (χ1v) is 6.99. The molecule has 2 rings (SSSR count). The Morgan fingerprint density at radius 3 is 2.71 bits per heavy atom. The van der Waals surface area contributed by atoms with E-state index in [2.05, 4.69) is 5.32 Å². The molecule has 1 aromatic rings. The van der Waals surface area contributed by atoms with Crippen LogP contribution in [-0.4, -0.2) is 30.4 Å². The zero-order chi connectivity index (χ0) is 14.5. The molecule has 5 nitrogen and oxygen atoms in total. The lowest BCUT2D eigenvalue weighted by Gasteiger charge is -2.17. The van der Waals surface area contributed by atoms with Crippen LogP contribution in [0.2, 0.25) is 0 Å². The Morgan fingerprint density at radius 2 is 2.10 bits per heavy atom. The van der Waals surface area contributed by atoms with Crippen LogP contribution in [0.5, 0.6) is 0 Å². The Labute approximate surface area is 131 Å². The fourth-order valence-corrected chi connectivity index (χ4v) is 2.30. The maximum absolute atomic E-state index is 12.3. The van der Waals surface area contributed by atoms with Crippen molar-refractivity contribution in [3.8, 4) is 0 Å². The van der Waals surface area contributed by atoms with Crippen molar-refractivity contribution in [2.75, 3.05) is 11.4 Å². The highest BCUT2D eigenvalue weighted by atomic mass is 35.5. The lowest BCUT2D eigenvalue weighted by molar-refractivity contribution is -0.126. The predicted octanol–water partition coefficient (Wildman–Crippen LogP) is 1.46. The average Bonchev–Trinajstić information content (AvgIpc) is 2.79. The summed E-state index contributed by atoms with van der Waals surface area (Å²) in [6.07, 6.45) is 1.65. The number of para-hydroxylation sites is 1. The number of benzene rings is 1. The molecule has 1 fully saturated rings. The van der Waals surface area contributed by atoms with Crippen LogP contribution in [0.25, 0.3) is 0 Å². The van der Waals surface area contributed by atoms with E-state index in [0.29, 0.717) is 25.8 Å². The molecule has 2 amide bonds. The first-order chi connectivity index (χ1) is 9.58. The number of amides is 2. The second-order valence-electron chi connectivity index (χ2n) is 5.25. The van der Waals surface area contributed by atoms with Crippen molar-refractivity contribution in [2.45, 2.75) is 38.3 Å². The second-order valence-corrected chi connectivity index (χ2v) is 5.25. The molecule has 116 valence electrons. The third kappa shape index (κ3) is 4.72. The molecule has 1 aromatic carbocycles. The van der Waals surface area contributed by atoms with Gasteiger partial charge in [0.15, 0.2) is 0 Å². The Balaban J connectivity index is 0.00000220. The van der Waals surface area contributed by atoms with E-state index in [4.69, 9.17) is 5.73 Å². The number of hydrogen-bond donors (Lipinski definition) is 2. The summed E-state index contributed by atoms with van der Waals surface area (Å²) < 4.78 is 0. The van der Waals surface area contributed by atoms with Gasteiger partial charge in [-0.2, -0.15) is 0 Å². The van der Waals surface area contributed by atoms with E-state index in [0.717, 1.165) is 5.69 Å². The zero-order valence-electron chi connectivity index (χ0n) is 12.1. The van der Waals surface area contributed by atoms with Crippen LogP contribution in [0, 0.1) is 0 Å². The first-order valence-electron chi connectivity index (χ1n) is 6.99.